The molecular formula is C9H12N4O3S2. The standard InChI is InChI=1S/C9H12N4O3S2/c10-5-7-1-2-9(17-7)18(14,15)12-4-3-8-11-6-16-13-8/h1-2,6,12H,3-5,10H2. The van der Waals surface area contributed by atoms with Crippen LogP contribution in [0.15, 0.2) is 27.3 Å². The molecule has 0 aliphatic rings. The fraction of sp³-hybridized carbons (Fsp3) is 0.333. The Labute approximate surface area is 108 Å². The zero-order valence-corrected chi connectivity index (χ0v) is 11.0. The highest BCUT2D eigenvalue weighted by molar-refractivity contribution is 7.91. The van der Waals surface area contributed by atoms with Crippen molar-refractivity contribution in [2.24, 2.45) is 5.73 Å². The lowest BCUT2D eigenvalue weighted by Crippen LogP contribution is -2.25. The van der Waals surface area contributed by atoms with Gasteiger partial charge in [-0.1, -0.05) is 5.16 Å². The van der Waals surface area contributed by atoms with E-state index in [-0.39, 0.29) is 10.8 Å². The Hall–Kier alpha value is -1.29. The molecule has 0 radical (unpaired) electrons. The molecule has 2 aromatic rings. The quantitative estimate of drug-likeness (QED) is 0.780. The van der Waals surface area contributed by atoms with E-state index in [1.807, 2.05) is 0 Å². The van der Waals surface area contributed by atoms with Gasteiger partial charge in [-0.25, -0.2) is 13.1 Å². The zero-order valence-electron chi connectivity index (χ0n) is 9.37. The van der Waals surface area contributed by atoms with E-state index in [0.29, 0.717) is 18.8 Å². The summed E-state index contributed by atoms with van der Waals surface area (Å²) in [5.74, 6) is 0.464. The van der Waals surface area contributed by atoms with Crippen molar-refractivity contribution < 1.29 is 12.9 Å². The number of nitrogens with zero attached hydrogens (tertiary/aromatic N) is 2. The summed E-state index contributed by atoms with van der Waals surface area (Å²) in [6, 6.07) is 3.25. The smallest absolute Gasteiger partial charge is 0.250 e. The molecule has 2 heterocycles. The van der Waals surface area contributed by atoms with Crippen molar-refractivity contribution in [3.63, 3.8) is 0 Å². The van der Waals surface area contributed by atoms with Crippen molar-refractivity contribution in [3.05, 3.63) is 29.2 Å². The van der Waals surface area contributed by atoms with Gasteiger partial charge < -0.3 is 10.3 Å². The van der Waals surface area contributed by atoms with Gasteiger partial charge in [0, 0.05) is 24.4 Å². The largest absolute Gasteiger partial charge is 0.343 e. The molecule has 18 heavy (non-hydrogen) atoms. The SMILES string of the molecule is NCc1ccc(S(=O)(=O)NCCc2ncon2)s1. The number of nitrogens with two attached hydrogens (primary N) is 1. The Balaban J connectivity index is 1.95. The molecule has 98 valence electrons. The summed E-state index contributed by atoms with van der Waals surface area (Å²) in [7, 11) is -3.48. The van der Waals surface area contributed by atoms with Crippen LogP contribution in [0.25, 0.3) is 0 Å². The van der Waals surface area contributed by atoms with Crippen LogP contribution in [-0.2, 0) is 23.0 Å². The maximum Gasteiger partial charge on any atom is 0.250 e. The van der Waals surface area contributed by atoms with E-state index in [0.717, 1.165) is 16.2 Å². The molecule has 7 nitrogen and oxygen atoms in total. The van der Waals surface area contributed by atoms with Gasteiger partial charge in [0.15, 0.2) is 5.82 Å². The molecule has 3 N–H and O–H groups in total. The monoisotopic (exact) mass is 288 g/mol. The molecular weight excluding hydrogens is 276 g/mol. The van der Waals surface area contributed by atoms with Crippen molar-refractivity contribution in [1.29, 1.82) is 0 Å². The first-order valence-corrected chi connectivity index (χ1v) is 7.45. The minimum Gasteiger partial charge on any atom is -0.343 e. The first kappa shape index (κ1) is 13.1. The van der Waals surface area contributed by atoms with Gasteiger partial charge >= 0.3 is 0 Å². The van der Waals surface area contributed by atoms with E-state index in [1.165, 1.54) is 6.39 Å². The molecule has 0 aliphatic heterocycles. The first-order chi connectivity index (χ1) is 8.62. The summed E-state index contributed by atoms with van der Waals surface area (Å²) >= 11 is 1.16. The van der Waals surface area contributed by atoms with Crippen LogP contribution in [0.2, 0.25) is 0 Å². The van der Waals surface area contributed by atoms with Crippen LogP contribution in [0.3, 0.4) is 0 Å². The van der Waals surface area contributed by atoms with Gasteiger partial charge in [-0.3, -0.25) is 0 Å². The van der Waals surface area contributed by atoms with Crippen molar-refractivity contribution in [2.45, 2.75) is 17.2 Å². The first-order valence-electron chi connectivity index (χ1n) is 5.15. The molecule has 0 saturated heterocycles. The van der Waals surface area contributed by atoms with Crippen LogP contribution < -0.4 is 10.5 Å². The topological polar surface area (TPSA) is 111 Å². The van der Waals surface area contributed by atoms with Crippen LogP contribution in [0, 0.1) is 0 Å². The van der Waals surface area contributed by atoms with E-state index >= 15 is 0 Å². The maximum absolute atomic E-state index is 11.9. The summed E-state index contributed by atoms with van der Waals surface area (Å²) in [5.41, 5.74) is 5.44. The third-order valence-electron chi connectivity index (χ3n) is 2.15. The highest BCUT2D eigenvalue weighted by Crippen LogP contribution is 2.20. The predicted molar refractivity (Wildman–Crippen MR) is 65.4 cm³/mol. The average molecular weight is 288 g/mol. The van der Waals surface area contributed by atoms with Crippen molar-refractivity contribution in [3.8, 4) is 0 Å². The number of nitrogens with one attached hydrogen (secondary N) is 1. The lowest BCUT2D eigenvalue weighted by Gasteiger charge is -2.02. The van der Waals surface area contributed by atoms with Gasteiger partial charge in [-0.05, 0) is 12.1 Å². The molecule has 0 saturated carbocycles. The Morgan fingerprint density at radius 1 is 1.44 bits per heavy atom. The molecule has 0 bridgehead atoms. The number of hydrogen-bond donors (Lipinski definition) is 2. The van der Waals surface area contributed by atoms with Gasteiger partial charge in [0.2, 0.25) is 16.4 Å². The molecule has 0 aromatic carbocycles. The summed E-state index contributed by atoms with van der Waals surface area (Å²) in [5, 5.41) is 3.59. The number of hydrogen-bond acceptors (Lipinski definition) is 7. The minimum absolute atomic E-state index is 0.220. The number of aromatic nitrogens is 2. The molecule has 0 fully saturated rings. The number of thiophene rings is 1. The van der Waals surface area contributed by atoms with E-state index in [9.17, 15) is 8.42 Å². The highest BCUT2D eigenvalue weighted by atomic mass is 32.2. The molecule has 0 amide bonds. The van der Waals surface area contributed by atoms with Crippen LogP contribution in [0.4, 0.5) is 0 Å². The van der Waals surface area contributed by atoms with E-state index in [4.69, 9.17) is 5.73 Å². The Morgan fingerprint density at radius 3 is 2.89 bits per heavy atom. The average Bonchev–Trinajstić information content (AvgIpc) is 2.99. The molecule has 0 atom stereocenters. The van der Waals surface area contributed by atoms with E-state index < -0.39 is 10.0 Å². The molecule has 2 rings (SSSR count). The van der Waals surface area contributed by atoms with Crippen molar-refractivity contribution >= 4 is 21.4 Å². The fourth-order valence-corrected chi connectivity index (χ4v) is 3.59. The van der Waals surface area contributed by atoms with Crippen molar-refractivity contribution in [1.82, 2.24) is 14.9 Å². The number of rotatable bonds is 6. The molecule has 0 unspecified atom stereocenters. The fourth-order valence-electron chi connectivity index (χ4n) is 1.28. The second-order valence-electron chi connectivity index (χ2n) is 3.42. The predicted octanol–water partition coefficient (Wildman–Crippen LogP) is 0.111. The highest BCUT2D eigenvalue weighted by Gasteiger charge is 2.16. The normalized spacial score (nSPS) is 11.8. The Morgan fingerprint density at radius 2 is 2.28 bits per heavy atom. The minimum atomic E-state index is -3.48. The molecule has 2 aromatic heterocycles. The second kappa shape index (κ2) is 5.57. The Bertz CT molecular complexity index is 591. The van der Waals surface area contributed by atoms with Crippen LogP contribution in [0.1, 0.15) is 10.7 Å². The van der Waals surface area contributed by atoms with Gasteiger partial charge in [0.1, 0.15) is 4.21 Å². The molecule has 0 spiro atoms. The maximum atomic E-state index is 11.9. The lowest BCUT2D eigenvalue weighted by atomic mass is 10.4. The van der Waals surface area contributed by atoms with Gasteiger partial charge in [0.05, 0.1) is 0 Å². The summed E-state index contributed by atoms with van der Waals surface area (Å²) < 4.78 is 31.0. The molecule has 9 heteroatoms. The van der Waals surface area contributed by atoms with Crippen LogP contribution in [-0.4, -0.2) is 25.1 Å². The van der Waals surface area contributed by atoms with E-state index in [2.05, 4.69) is 19.4 Å². The Kier molecular flexibility index (Phi) is 4.07. The van der Waals surface area contributed by atoms with Gasteiger partial charge in [0.25, 0.3) is 0 Å². The second-order valence-corrected chi connectivity index (χ2v) is 6.58. The summed E-state index contributed by atoms with van der Waals surface area (Å²) in [6.07, 6.45) is 1.58. The number of sulfonamides is 1. The third-order valence-corrected chi connectivity index (χ3v) is 5.21. The molecule has 0 aliphatic carbocycles. The van der Waals surface area contributed by atoms with E-state index in [1.54, 1.807) is 12.1 Å². The van der Waals surface area contributed by atoms with Crippen molar-refractivity contribution in [2.75, 3.05) is 6.54 Å². The summed E-state index contributed by atoms with van der Waals surface area (Å²) in [4.78, 5) is 4.63. The van der Waals surface area contributed by atoms with Gasteiger partial charge in [-0.2, -0.15) is 4.98 Å². The lowest BCUT2D eigenvalue weighted by molar-refractivity contribution is 0.410. The van der Waals surface area contributed by atoms with Crippen LogP contribution >= 0.6 is 11.3 Å². The zero-order chi connectivity index (χ0) is 13.0. The van der Waals surface area contributed by atoms with Gasteiger partial charge in [-0.15, -0.1) is 11.3 Å². The third kappa shape index (κ3) is 3.13. The van der Waals surface area contributed by atoms with Crippen LogP contribution in [0.5, 0.6) is 0 Å². The summed E-state index contributed by atoms with van der Waals surface area (Å²) in [6.45, 7) is 0.556.